The maximum absolute atomic E-state index is 13.9. The van der Waals surface area contributed by atoms with E-state index in [1.54, 1.807) is 0 Å². The third-order valence-electron chi connectivity index (χ3n) is 4.82. The SMILES string of the molecule is COc1cc(C(=O)C2C(c3ccc(F)c(OOP(=O)(O)O)c3)C2(Cl)Cl)cc(OC)c1OC. The van der Waals surface area contributed by atoms with Crippen molar-refractivity contribution in [1.29, 1.82) is 0 Å². The molecule has 1 fully saturated rings. The van der Waals surface area contributed by atoms with Gasteiger partial charge in [0, 0.05) is 11.5 Å². The number of halogens is 3. The largest absolute Gasteiger partial charge is 0.505 e. The number of ether oxygens (including phenoxy) is 3. The minimum absolute atomic E-state index is 0.195. The number of methoxy groups -OCH3 is 3. The van der Waals surface area contributed by atoms with Crippen LogP contribution in [0.25, 0.3) is 0 Å². The summed E-state index contributed by atoms with van der Waals surface area (Å²) < 4.78 is 42.9. The highest BCUT2D eigenvalue weighted by Gasteiger charge is 2.67. The number of hydrogen-bond donors (Lipinski definition) is 2. The predicted molar refractivity (Wildman–Crippen MR) is 111 cm³/mol. The van der Waals surface area contributed by atoms with Crippen LogP contribution in [-0.4, -0.2) is 41.2 Å². The summed E-state index contributed by atoms with van der Waals surface area (Å²) in [4.78, 5) is 35.1. The van der Waals surface area contributed by atoms with Crippen molar-refractivity contribution >= 4 is 36.8 Å². The zero-order chi connectivity index (χ0) is 23.8. The molecule has 2 unspecified atom stereocenters. The first kappa shape index (κ1) is 24.6. The highest BCUT2D eigenvalue weighted by molar-refractivity contribution is 7.46. The zero-order valence-electron chi connectivity index (χ0n) is 16.9. The molecule has 2 aromatic carbocycles. The molecule has 2 N–H and O–H groups in total. The van der Waals surface area contributed by atoms with Crippen LogP contribution in [0, 0.1) is 11.7 Å². The van der Waals surface area contributed by atoms with Gasteiger partial charge in [-0.2, -0.15) is 0 Å². The summed E-state index contributed by atoms with van der Waals surface area (Å²) in [5, 5.41) is 0. The van der Waals surface area contributed by atoms with Gasteiger partial charge in [-0.15, -0.1) is 23.2 Å². The summed E-state index contributed by atoms with van der Waals surface area (Å²) in [7, 11) is -0.794. The summed E-state index contributed by atoms with van der Waals surface area (Å²) in [5.41, 5.74) is 0.493. The lowest BCUT2D eigenvalue weighted by Gasteiger charge is -2.13. The van der Waals surface area contributed by atoms with E-state index in [9.17, 15) is 13.8 Å². The fourth-order valence-corrected chi connectivity index (χ4v) is 4.34. The topological polar surface area (TPSA) is 121 Å². The van der Waals surface area contributed by atoms with Crippen molar-refractivity contribution in [2.75, 3.05) is 21.3 Å². The molecule has 0 bridgehead atoms. The van der Waals surface area contributed by atoms with Gasteiger partial charge in [0.2, 0.25) is 11.5 Å². The second-order valence-corrected chi connectivity index (χ2v) is 9.32. The molecule has 174 valence electrons. The standard InChI is InChI=1S/C19H18Cl2FO9P/c1-27-13-7-10(8-14(28-2)18(13)29-3)17(23)16-15(19(16,20)21)9-4-5-11(22)12(6-9)30-31-32(24,25)26/h4-8,15-16H,1-3H3,(H2,24,25,26). The third kappa shape index (κ3) is 4.80. The Kier molecular flexibility index (Phi) is 6.95. The average Bonchev–Trinajstić information content (AvgIpc) is 3.32. The van der Waals surface area contributed by atoms with E-state index in [2.05, 4.69) is 9.56 Å². The van der Waals surface area contributed by atoms with Crippen molar-refractivity contribution < 1.29 is 47.3 Å². The van der Waals surface area contributed by atoms with Crippen molar-refractivity contribution in [1.82, 2.24) is 0 Å². The Bertz CT molecular complexity index is 1060. The van der Waals surface area contributed by atoms with Crippen LogP contribution in [-0.2, 0) is 9.24 Å². The molecule has 0 heterocycles. The van der Waals surface area contributed by atoms with Crippen molar-refractivity contribution in [3.05, 3.63) is 47.3 Å². The molecule has 13 heteroatoms. The van der Waals surface area contributed by atoms with E-state index in [4.69, 9.17) is 47.2 Å². The van der Waals surface area contributed by atoms with Crippen LogP contribution in [0.3, 0.4) is 0 Å². The molecular weight excluding hydrogens is 493 g/mol. The monoisotopic (exact) mass is 510 g/mol. The van der Waals surface area contributed by atoms with Gasteiger partial charge in [0.15, 0.2) is 23.1 Å². The second kappa shape index (κ2) is 9.05. The molecule has 0 amide bonds. The Morgan fingerprint density at radius 1 is 1.03 bits per heavy atom. The van der Waals surface area contributed by atoms with Crippen LogP contribution in [0.5, 0.6) is 23.0 Å². The van der Waals surface area contributed by atoms with Gasteiger partial charge in [-0.1, -0.05) is 10.7 Å². The van der Waals surface area contributed by atoms with E-state index >= 15 is 0 Å². The normalized spacial score (nSPS) is 19.2. The maximum atomic E-state index is 13.9. The van der Waals surface area contributed by atoms with E-state index < -0.39 is 41.3 Å². The molecule has 2 atom stereocenters. The Morgan fingerprint density at radius 2 is 1.62 bits per heavy atom. The average molecular weight is 511 g/mol. The first-order chi connectivity index (χ1) is 14.9. The van der Waals surface area contributed by atoms with E-state index in [0.29, 0.717) is 11.3 Å². The minimum Gasteiger partial charge on any atom is -0.493 e. The number of phosphoric acid groups is 1. The highest BCUT2D eigenvalue weighted by atomic mass is 35.5. The molecular formula is C19H18Cl2FO9P. The van der Waals surface area contributed by atoms with Crippen LogP contribution in [0.2, 0.25) is 0 Å². The fourth-order valence-electron chi connectivity index (χ4n) is 3.34. The molecule has 1 aliphatic rings. The van der Waals surface area contributed by atoms with Crippen molar-refractivity contribution in [2.45, 2.75) is 10.3 Å². The molecule has 9 nitrogen and oxygen atoms in total. The lowest BCUT2D eigenvalue weighted by molar-refractivity contribution is -0.125. The molecule has 32 heavy (non-hydrogen) atoms. The predicted octanol–water partition coefficient (Wildman–Crippen LogP) is 4.02. The van der Waals surface area contributed by atoms with Gasteiger partial charge in [0.05, 0.1) is 27.2 Å². The van der Waals surface area contributed by atoms with Gasteiger partial charge < -0.3 is 28.9 Å². The van der Waals surface area contributed by atoms with Crippen LogP contribution in [0.4, 0.5) is 4.39 Å². The first-order valence-corrected chi connectivity index (χ1v) is 11.2. The van der Waals surface area contributed by atoms with Crippen LogP contribution >= 0.6 is 31.0 Å². The summed E-state index contributed by atoms with van der Waals surface area (Å²) in [6.45, 7) is 0. The number of carbonyl (C=O) groups is 1. The quantitative estimate of drug-likeness (QED) is 0.169. The zero-order valence-corrected chi connectivity index (χ0v) is 19.3. The van der Waals surface area contributed by atoms with Gasteiger partial charge in [-0.05, 0) is 29.8 Å². The molecule has 1 saturated carbocycles. The molecule has 0 aromatic heterocycles. The number of rotatable bonds is 9. The van der Waals surface area contributed by atoms with Crippen molar-refractivity contribution in [2.24, 2.45) is 5.92 Å². The van der Waals surface area contributed by atoms with Crippen molar-refractivity contribution in [3.8, 4) is 23.0 Å². The smallest absolute Gasteiger partial charge is 0.493 e. The van der Waals surface area contributed by atoms with Crippen LogP contribution < -0.4 is 19.1 Å². The second-order valence-electron chi connectivity index (χ2n) is 6.75. The molecule has 2 aromatic rings. The van der Waals surface area contributed by atoms with Gasteiger partial charge in [-0.3, -0.25) is 4.79 Å². The molecule has 1 aliphatic carbocycles. The summed E-state index contributed by atoms with van der Waals surface area (Å²) in [5.74, 6) is -2.87. The number of alkyl halides is 2. The first-order valence-electron chi connectivity index (χ1n) is 8.87. The molecule has 0 saturated heterocycles. The Morgan fingerprint density at radius 3 is 2.12 bits per heavy atom. The lowest BCUT2D eigenvalue weighted by Crippen LogP contribution is -2.08. The number of hydrogen-bond acceptors (Lipinski definition) is 7. The number of benzene rings is 2. The van der Waals surface area contributed by atoms with E-state index in [1.165, 1.54) is 39.5 Å². The van der Waals surface area contributed by atoms with Gasteiger partial charge in [-0.25, -0.2) is 8.96 Å². The van der Waals surface area contributed by atoms with E-state index in [-0.39, 0.29) is 17.1 Å². The molecule has 0 radical (unpaired) electrons. The Labute approximate surface area is 192 Å². The molecule has 0 aliphatic heterocycles. The Balaban J connectivity index is 1.92. The fraction of sp³-hybridized carbons (Fsp3) is 0.316. The van der Waals surface area contributed by atoms with Gasteiger partial charge in [0.1, 0.15) is 4.33 Å². The number of Topliss-reactive ketones (excluding diaryl/α,β-unsaturated/α-hetero) is 1. The molecule has 3 rings (SSSR count). The molecule has 0 spiro atoms. The highest BCUT2D eigenvalue weighted by Crippen LogP contribution is 2.66. The Hall–Kier alpha value is -2.07. The number of ketones is 1. The van der Waals surface area contributed by atoms with Gasteiger partial charge in [0.25, 0.3) is 0 Å². The number of carbonyl (C=O) groups excluding carboxylic acids is 1. The summed E-state index contributed by atoms with van der Waals surface area (Å²) >= 11 is 12.7. The van der Waals surface area contributed by atoms with Gasteiger partial charge >= 0.3 is 7.82 Å². The maximum Gasteiger partial charge on any atom is 0.505 e. The van der Waals surface area contributed by atoms with Crippen LogP contribution in [0.1, 0.15) is 21.8 Å². The van der Waals surface area contributed by atoms with Crippen LogP contribution in [0.15, 0.2) is 30.3 Å². The summed E-state index contributed by atoms with van der Waals surface area (Å²) in [6.07, 6.45) is 0. The summed E-state index contributed by atoms with van der Waals surface area (Å²) in [6, 6.07) is 6.30. The lowest BCUT2D eigenvalue weighted by atomic mass is 10.0. The van der Waals surface area contributed by atoms with E-state index in [0.717, 1.165) is 12.1 Å². The van der Waals surface area contributed by atoms with E-state index in [1.807, 2.05) is 0 Å². The third-order valence-corrected chi connectivity index (χ3v) is 6.03. The minimum atomic E-state index is -5.02. The van der Waals surface area contributed by atoms with Crippen molar-refractivity contribution in [3.63, 3.8) is 0 Å².